The van der Waals surface area contributed by atoms with Crippen LogP contribution in [0.15, 0.2) is 24.5 Å². The summed E-state index contributed by atoms with van der Waals surface area (Å²) in [5.41, 5.74) is 9.15. The maximum absolute atomic E-state index is 5.85. The molecule has 0 atom stereocenters. The number of nitrogens with zero attached hydrogens (tertiary/aromatic N) is 7. The Morgan fingerprint density at radius 3 is 2.64 bits per heavy atom. The van der Waals surface area contributed by atoms with Crippen LogP contribution in [0.5, 0.6) is 0 Å². The quantitative estimate of drug-likeness (QED) is 0.732. The predicted molar refractivity (Wildman–Crippen MR) is 110 cm³/mol. The van der Waals surface area contributed by atoms with Gasteiger partial charge in [-0.3, -0.25) is 4.68 Å². The summed E-state index contributed by atoms with van der Waals surface area (Å²) in [7, 11) is 1.94. The molecule has 3 aromatic rings. The average Bonchev–Trinajstić information content (AvgIpc) is 3.29. The molecule has 1 fully saturated rings. The number of rotatable bonds is 5. The number of pyridine rings is 1. The zero-order valence-electron chi connectivity index (χ0n) is 16.8. The molecule has 0 radical (unpaired) electrons. The van der Waals surface area contributed by atoms with Gasteiger partial charge in [-0.05, 0) is 38.3 Å². The van der Waals surface area contributed by atoms with E-state index in [9.17, 15) is 0 Å². The van der Waals surface area contributed by atoms with Crippen molar-refractivity contribution < 1.29 is 0 Å². The summed E-state index contributed by atoms with van der Waals surface area (Å²) in [4.78, 5) is 7.27. The molecular formula is C20H28N8. The molecule has 0 saturated carbocycles. The molecule has 0 unspecified atom stereocenters. The lowest BCUT2D eigenvalue weighted by Crippen LogP contribution is -2.34. The third-order valence-corrected chi connectivity index (χ3v) is 5.51. The largest absolute Gasteiger partial charge is 0.368 e. The Kier molecular flexibility index (Phi) is 5.02. The molecule has 28 heavy (non-hydrogen) atoms. The van der Waals surface area contributed by atoms with Crippen LogP contribution in [0.1, 0.15) is 43.6 Å². The first-order chi connectivity index (χ1) is 13.6. The molecule has 0 bridgehead atoms. The number of aryl methyl sites for hydroxylation is 2. The number of anilines is 2. The first kappa shape index (κ1) is 18.5. The lowest BCUT2D eigenvalue weighted by atomic mass is 9.95. The summed E-state index contributed by atoms with van der Waals surface area (Å²) in [5, 5.41) is 12.8. The van der Waals surface area contributed by atoms with Crippen LogP contribution in [0.3, 0.4) is 0 Å². The van der Waals surface area contributed by atoms with Crippen LogP contribution in [0.2, 0.25) is 0 Å². The Morgan fingerprint density at radius 2 is 1.96 bits per heavy atom. The molecule has 1 aliphatic rings. The van der Waals surface area contributed by atoms with Crippen LogP contribution in [-0.2, 0) is 13.6 Å². The SMILES string of the molecule is CCCn1cc(-c2ccc(C)nc2N2CCC(c3nnc(N)n3C)CC2)cn1. The first-order valence-corrected chi connectivity index (χ1v) is 9.97. The Balaban J connectivity index is 1.56. The minimum Gasteiger partial charge on any atom is -0.368 e. The number of hydrogen-bond donors (Lipinski definition) is 1. The molecule has 0 aromatic carbocycles. The second-order valence-corrected chi connectivity index (χ2v) is 7.55. The Bertz CT molecular complexity index is 949. The van der Waals surface area contributed by atoms with E-state index in [-0.39, 0.29) is 0 Å². The molecular weight excluding hydrogens is 352 g/mol. The highest BCUT2D eigenvalue weighted by Crippen LogP contribution is 2.34. The number of nitrogens with two attached hydrogens (primary N) is 1. The van der Waals surface area contributed by atoms with E-state index in [0.717, 1.165) is 67.4 Å². The van der Waals surface area contributed by atoms with Gasteiger partial charge in [0.05, 0.1) is 6.20 Å². The summed E-state index contributed by atoms with van der Waals surface area (Å²) in [6, 6.07) is 4.24. The van der Waals surface area contributed by atoms with Gasteiger partial charge in [-0.25, -0.2) is 4.98 Å². The fourth-order valence-corrected chi connectivity index (χ4v) is 3.92. The minimum atomic E-state index is 0.381. The van der Waals surface area contributed by atoms with Crippen molar-refractivity contribution >= 4 is 11.8 Å². The maximum Gasteiger partial charge on any atom is 0.221 e. The molecule has 2 N–H and O–H groups in total. The molecule has 0 amide bonds. The zero-order chi connectivity index (χ0) is 19.7. The van der Waals surface area contributed by atoms with Crippen molar-refractivity contribution in [3.05, 3.63) is 36.0 Å². The van der Waals surface area contributed by atoms with Crippen molar-refractivity contribution in [3.63, 3.8) is 0 Å². The molecule has 3 aromatic heterocycles. The monoisotopic (exact) mass is 380 g/mol. The van der Waals surface area contributed by atoms with Crippen molar-refractivity contribution in [1.82, 2.24) is 29.5 Å². The summed E-state index contributed by atoms with van der Waals surface area (Å²) >= 11 is 0. The van der Waals surface area contributed by atoms with Crippen molar-refractivity contribution in [3.8, 4) is 11.1 Å². The van der Waals surface area contributed by atoms with E-state index in [4.69, 9.17) is 10.7 Å². The van der Waals surface area contributed by atoms with Crippen LogP contribution >= 0.6 is 0 Å². The van der Waals surface area contributed by atoms with Gasteiger partial charge in [0.25, 0.3) is 0 Å². The van der Waals surface area contributed by atoms with E-state index in [1.165, 1.54) is 0 Å². The fraction of sp³-hybridized carbons (Fsp3) is 0.500. The summed E-state index contributed by atoms with van der Waals surface area (Å²) in [6.45, 7) is 7.01. The van der Waals surface area contributed by atoms with Crippen molar-refractivity contribution in [2.75, 3.05) is 23.7 Å². The van der Waals surface area contributed by atoms with Gasteiger partial charge >= 0.3 is 0 Å². The summed E-state index contributed by atoms with van der Waals surface area (Å²) < 4.78 is 3.91. The van der Waals surface area contributed by atoms with E-state index in [1.54, 1.807) is 0 Å². The van der Waals surface area contributed by atoms with Crippen LogP contribution in [0, 0.1) is 6.92 Å². The first-order valence-electron chi connectivity index (χ1n) is 9.97. The molecule has 4 rings (SSSR count). The summed E-state index contributed by atoms with van der Waals surface area (Å²) in [6.07, 6.45) is 7.15. The van der Waals surface area contributed by atoms with Crippen LogP contribution < -0.4 is 10.6 Å². The van der Waals surface area contributed by atoms with Gasteiger partial charge in [0.2, 0.25) is 5.95 Å². The Labute approximate surface area is 165 Å². The van der Waals surface area contributed by atoms with E-state index in [2.05, 4.69) is 45.4 Å². The predicted octanol–water partition coefficient (Wildman–Crippen LogP) is 2.76. The second kappa shape index (κ2) is 7.61. The molecule has 0 aliphatic carbocycles. The van der Waals surface area contributed by atoms with Gasteiger partial charge in [0.1, 0.15) is 11.6 Å². The van der Waals surface area contributed by atoms with Crippen molar-refractivity contribution in [2.45, 2.75) is 45.6 Å². The van der Waals surface area contributed by atoms with E-state index in [1.807, 2.05) is 29.4 Å². The lowest BCUT2D eigenvalue weighted by Gasteiger charge is -2.33. The fourth-order valence-electron chi connectivity index (χ4n) is 3.92. The molecule has 1 aliphatic heterocycles. The number of hydrogen-bond acceptors (Lipinski definition) is 6. The third kappa shape index (κ3) is 3.46. The molecule has 8 nitrogen and oxygen atoms in total. The Morgan fingerprint density at radius 1 is 1.18 bits per heavy atom. The van der Waals surface area contributed by atoms with Crippen molar-refractivity contribution in [2.24, 2.45) is 7.05 Å². The zero-order valence-corrected chi connectivity index (χ0v) is 16.8. The number of aromatic nitrogens is 6. The standard InChI is InChI=1S/C20H28N8/c1-4-9-28-13-16(12-22-28)17-6-5-14(2)23-19(17)27-10-7-15(8-11-27)18-24-25-20(21)26(18)3/h5-6,12-13,15H,4,7-11H2,1-3H3,(H2,21,25). The molecule has 1 saturated heterocycles. The third-order valence-electron chi connectivity index (χ3n) is 5.51. The van der Waals surface area contributed by atoms with Gasteiger partial charge < -0.3 is 15.2 Å². The molecule has 4 heterocycles. The number of piperidine rings is 1. The topological polar surface area (TPSA) is 90.7 Å². The van der Waals surface area contributed by atoms with Crippen LogP contribution in [0.4, 0.5) is 11.8 Å². The highest BCUT2D eigenvalue weighted by molar-refractivity contribution is 5.75. The summed E-state index contributed by atoms with van der Waals surface area (Å²) in [5.74, 6) is 2.89. The van der Waals surface area contributed by atoms with Gasteiger partial charge in [-0.1, -0.05) is 6.92 Å². The van der Waals surface area contributed by atoms with Crippen LogP contribution in [-0.4, -0.2) is 42.6 Å². The van der Waals surface area contributed by atoms with Gasteiger partial charge in [-0.2, -0.15) is 5.10 Å². The molecule has 8 heteroatoms. The normalized spacial score (nSPS) is 15.3. The highest BCUT2D eigenvalue weighted by atomic mass is 15.3. The van der Waals surface area contributed by atoms with Crippen molar-refractivity contribution in [1.29, 1.82) is 0 Å². The van der Waals surface area contributed by atoms with Crippen LogP contribution in [0.25, 0.3) is 11.1 Å². The minimum absolute atomic E-state index is 0.381. The van der Waals surface area contributed by atoms with Gasteiger partial charge in [0.15, 0.2) is 0 Å². The van der Waals surface area contributed by atoms with E-state index in [0.29, 0.717) is 11.9 Å². The highest BCUT2D eigenvalue weighted by Gasteiger charge is 2.27. The smallest absolute Gasteiger partial charge is 0.221 e. The number of nitrogen functional groups attached to an aromatic ring is 1. The van der Waals surface area contributed by atoms with Gasteiger partial charge in [-0.15, -0.1) is 10.2 Å². The Hall–Kier alpha value is -2.90. The van der Waals surface area contributed by atoms with E-state index >= 15 is 0 Å². The molecule has 0 spiro atoms. The van der Waals surface area contributed by atoms with Gasteiger partial charge in [0, 0.05) is 55.6 Å². The second-order valence-electron chi connectivity index (χ2n) is 7.55. The molecule has 148 valence electrons. The lowest BCUT2D eigenvalue weighted by molar-refractivity contribution is 0.472. The van der Waals surface area contributed by atoms with E-state index < -0.39 is 0 Å². The maximum atomic E-state index is 5.85. The average molecular weight is 381 g/mol.